The van der Waals surface area contributed by atoms with Crippen molar-refractivity contribution in [1.29, 1.82) is 0 Å². The number of halogens is 1. The molecule has 0 atom stereocenters. The number of allylic oxidation sites excluding steroid dienone is 4. The second-order valence-corrected chi connectivity index (χ2v) is 11.9. The lowest BCUT2D eigenvalue weighted by molar-refractivity contribution is 0.0697. The molecule has 0 N–H and O–H groups in total. The van der Waals surface area contributed by atoms with Crippen molar-refractivity contribution < 1.29 is 22.0 Å². The van der Waals surface area contributed by atoms with Crippen LogP contribution in [0.15, 0.2) is 64.7 Å². The molecule has 4 rings (SSSR count). The molecule has 0 aromatic carbocycles. The van der Waals surface area contributed by atoms with Gasteiger partial charge in [-0.2, -0.15) is 5.10 Å². The largest absolute Gasteiger partial charge is 0.467 e. The van der Waals surface area contributed by atoms with E-state index in [2.05, 4.69) is 21.6 Å². The number of carbonyl (C=O) groups is 1. The quantitative estimate of drug-likeness (QED) is 0.248. The number of aromatic nitrogens is 4. The van der Waals surface area contributed by atoms with E-state index in [0.717, 1.165) is 25.2 Å². The van der Waals surface area contributed by atoms with Crippen LogP contribution in [0.25, 0.3) is 16.7 Å². The van der Waals surface area contributed by atoms with Gasteiger partial charge in [-0.25, -0.2) is 27.5 Å². The van der Waals surface area contributed by atoms with Crippen LogP contribution in [-0.4, -0.2) is 77.2 Å². The number of hydrogen-bond acceptors (Lipinski definition) is 8. The second kappa shape index (κ2) is 10.8. The Morgan fingerprint density at radius 2 is 2.08 bits per heavy atom. The molecule has 36 heavy (non-hydrogen) atoms. The van der Waals surface area contributed by atoms with E-state index < -0.39 is 15.7 Å². The zero-order valence-corrected chi connectivity index (χ0v) is 21.6. The lowest BCUT2D eigenvalue weighted by Crippen LogP contribution is -2.39. The number of fused-ring (bicyclic) bond motifs is 1. The monoisotopic (exact) mass is 529 g/mol. The molecule has 1 fully saturated rings. The Bertz CT molecular complexity index is 1460. The number of furan rings is 1. The first kappa shape index (κ1) is 25.9. The highest BCUT2D eigenvalue weighted by Crippen LogP contribution is 2.34. The SMILES string of the molecule is Bc1ccc(C(=O)N2CCC(Sc3ncnc4c3cnn4C(/C=C\CS(C)(=O)=O)=C(\F)C=C)CC2)o1. The van der Waals surface area contributed by atoms with Gasteiger partial charge in [-0.3, -0.25) is 4.79 Å². The van der Waals surface area contributed by atoms with Crippen molar-refractivity contribution >= 4 is 57.7 Å². The number of nitrogens with zero attached hydrogens (tertiary/aromatic N) is 5. The number of sulfone groups is 1. The molecule has 1 saturated heterocycles. The Morgan fingerprint density at radius 1 is 1.33 bits per heavy atom. The minimum absolute atomic E-state index is 0.0262. The third kappa shape index (κ3) is 5.96. The van der Waals surface area contributed by atoms with Crippen molar-refractivity contribution in [2.24, 2.45) is 0 Å². The van der Waals surface area contributed by atoms with Gasteiger partial charge in [0.1, 0.15) is 22.9 Å². The van der Waals surface area contributed by atoms with E-state index in [1.54, 1.807) is 42.8 Å². The highest BCUT2D eigenvalue weighted by Gasteiger charge is 2.27. The summed E-state index contributed by atoms with van der Waals surface area (Å²) in [5, 5.41) is 5.88. The van der Waals surface area contributed by atoms with Crippen LogP contribution in [0.2, 0.25) is 0 Å². The summed E-state index contributed by atoms with van der Waals surface area (Å²) >= 11 is 1.57. The Labute approximate surface area is 213 Å². The van der Waals surface area contributed by atoms with E-state index in [4.69, 9.17) is 4.42 Å². The van der Waals surface area contributed by atoms with Crippen molar-refractivity contribution in [3.8, 4) is 0 Å². The molecule has 13 heteroatoms. The Kier molecular flexibility index (Phi) is 7.79. The maximum atomic E-state index is 14.6. The van der Waals surface area contributed by atoms with Crippen molar-refractivity contribution in [2.75, 3.05) is 25.1 Å². The summed E-state index contributed by atoms with van der Waals surface area (Å²) in [4.78, 5) is 23.1. The van der Waals surface area contributed by atoms with E-state index in [1.165, 1.54) is 23.2 Å². The fraction of sp³-hybridized carbons (Fsp3) is 0.304. The van der Waals surface area contributed by atoms with Crippen LogP contribution < -0.4 is 5.66 Å². The first-order valence-corrected chi connectivity index (χ1v) is 14.2. The van der Waals surface area contributed by atoms with Gasteiger partial charge in [-0.15, -0.1) is 11.8 Å². The highest BCUT2D eigenvalue weighted by atomic mass is 32.2. The van der Waals surface area contributed by atoms with Gasteiger partial charge >= 0.3 is 0 Å². The Hall–Kier alpha value is -3.19. The molecule has 188 valence electrons. The van der Waals surface area contributed by atoms with Gasteiger partial charge in [0.2, 0.25) is 0 Å². The van der Waals surface area contributed by atoms with Gasteiger partial charge in [0.25, 0.3) is 5.91 Å². The predicted molar refractivity (Wildman–Crippen MR) is 140 cm³/mol. The van der Waals surface area contributed by atoms with Gasteiger partial charge in [0, 0.05) is 24.6 Å². The molecule has 0 unspecified atom stereocenters. The third-order valence-corrected chi connectivity index (χ3v) is 7.77. The average molecular weight is 529 g/mol. The minimum atomic E-state index is -3.26. The van der Waals surface area contributed by atoms with Gasteiger partial charge in [0.05, 0.1) is 23.0 Å². The van der Waals surface area contributed by atoms with E-state index in [1.807, 2.05) is 0 Å². The Morgan fingerprint density at radius 3 is 2.72 bits per heavy atom. The lowest BCUT2D eigenvalue weighted by atomic mass is 10.1. The summed E-state index contributed by atoms with van der Waals surface area (Å²) < 4.78 is 44.3. The lowest BCUT2D eigenvalue weighted by Gasteiger charge is -2.31. The molecule has 9 nitrogen and oxygen atoms in total. The minimum Gasteiger partial charge on any atom is -0.467 e. The van der Waals surface area contributed by atoms with Gasteiger partial charge in [-0.1, -0.05) is 12.7 Å². The van der Waals surface area contributed by atoms with Crippen molar-refractivity contribution in [1.82, 2.24) is 24.6 Å². The number of likely N-dealkylation sites (tertiary alicyclic amines) is 1. The Balaban J connectivity index is 1.50. The molecule has 3 aromatic heterocycles. The molecule has 1 amide bonds. The van der Waals surface area contributed by atoms with E-state index in [-0.39, 0.29) is 22.6 Å². The number of carbonyl (C=O) groups excluding carboxylic acids is 1. The first-order valence-electron chi connectivity index (χ1n) is 11.2. The second-order valence-electron chi connectivity index (χ2n) is 8.42. The molecule has 3 aromatic rings. The number of thioether (sulfide) groups is 1. The number of rotatable bonds is 8. The third-order valence-electron chi connectivity index (χ3n) is 5.61. The van der Waals surface area contributed by atoms with Crippen LogP contribution in [0.5, 0.6) is 0 Å². The molecule has 0 bridgehead atoms. The van der Waals surface area contributed by atoms with Crippen molar-refractivity contribution in [3.63, 3.8) is 0 Å². The van der Waals surface area contributed by atoms with E-state index in [9.17, 15) is 17.6 Å². The van der Waals surface area contributed by atoms with Gasteiger partial charge in [-0.05, 0) is 37.1 Å². The highest BCUT2D eigenvalue weighted by molar-refractivity contribution is 8.00. The average Bonchev–Trinajstić information content (AvgIpc) is 3.48. The van der Waals surface area contributed by atoms with Crippen LogP contribution in [0, 0.1) is 0 Å². The number of hydrogen-bond donors (Lipinski definition) is 0. The molecule has 0 aliphatic carbocycles. The number of amides is 1. The van der Waals surface area contributed by atoms with Crippen LogP contribution in [0.4, 0.5) is 4.39 Å². The standard InChI is InChI=1S/C23H25BFN5O4S2/c1-3-17(25)18(5-4-12-36(2,32)33)30-21-16(13-28-30)22(27-14-26-21)35-15-8-10-29(11-9-15)23(31)19-6-7-20(24)34-19/h3-7,13-15H,1,8-12,24H2,2H3/b5-4-,18-17-. The van der Waals surface area contributed by atoms with Crippen molar-refractivity contribution in [2.45, 2.75) is 23.1 Å². The smallest absolute Gasteiger partial charge is 0.289 e. The van der Waals surface area contributed by atoms with Crippen LogP contribution in [0.1, 0.15) is 23.4 Å². The molecule has 0 saturated carbocycles. The summed E-state index contributed by atoms with van der Waals surface area (Å²) in [6.07, 6.45) is 9.36. The summed E-state index contributed by atoms with van der Waals surface area (Å²) in [6, 6.07) is 3.47. The predicted octanol–water partition coefficient (Wildman–Crippen LogP) is 2.00. The molecular formula is C23H25BFN5O4S2. The maximum absolute atomic E-state index is 14.6. The zero-order chi connectivity index (χ0) is 25.9. The van der Waals surface area contributed by atoms with Gasteiger partial charge in [0.15, 0.2) is 29.1 Å². The van der Waals surface area contributed by atoms with Crippen LogP contribution in [-0.2, 0) is 9.84 Å². The van der Waals surface area contributed by atoms with Crippen molar-refractivity contribution in [3.05, 3.63) is 61.1 Å². The summed E-state index contributed by atoms with van der Waals surface area (Å²) in [6.45, 7) is 4.67. The normalized spacial score (nSPS) is 16.0. The zero-order valence-electron chi connectivity index (χ0n) is 19.9. The molecule has 0 spiro atoms. The fourth-order valence-electron chi connectivity index (χ4n) is 3.82. The topological polar surface area (TPSA) is 111 Å². The fourth-order valence-corrected chi connectivity index (χ4v) is 5.41. The maximum Gasteiger partial charge on any atom is 0.289 e. The molecule has 1 aliphatic rings. The van der Waals surface area contributed by atoms with Crippen LogP contribution >= 0.6 is 11.8 Å². The molecule has 1 aliphatic heterocycles. The summed E-state index contributed by atoms with van der Waals surface area (Å²) in [7, 11) is -1.45. The van der Waals surface area contributed by atoms with Crippen LogP contribution in [0.3, 0.4) is 0 Å². The molecular weight excluding hydrogens is 504 g/mol. The number of piperidine rings is 1. The summed E-state index contributed by atoms with van der Waals surface area (Å²) in [5.74, 6) is -0.660. The first-order chi connectivity index (χ1) is 17.2. The molecule has 0 radical (unpaired) electrons. The van der Waals surface area contributed by atoms with E-state index in [0.29, 0.717) is 40.6 Å². The molecule has 4 heterocycles. The van der Waals surface area contributed by atoms with E-state index >= 15 is 0 Å². The summed E-state index contributed by atoms with van der Waals surface area (Å²) in [5.41, 5.74) is 1.12. The van der Waals surface area contributed by atoms with Gasteiger partial charge < -0.3 is 9.32 Å².